The first-order valence-corrected chi connectivity index (χ1v) is 9.10. The van der Waals surface area contributed by atoms with Crippen LogP contribution < -0.4 is 0 Å². The highest BCUT2D eigenvalue weighted by Crippen LogP contribution is 2.48. The molecule has 0 N–H and O–H groups in total. The van der Waals surface area contributed by atoms with Crippen molar-refractivity contribution in [1.29, 1.82) is 0 Å². The standard InChI is InChI=1S/C18H28NO2S/c1-4-19(3,5-2)14-15-21-17(20)18(12-9-13-18)22-16-10-7-6-8-11-16/h6-8,10-11H,4-5,9,12-15H2,1-3H3/q+1. The number of rotatable bonds is 8. The van der Waals surface area contributed by atoms with Crippen LogP contribution in [0.1, 0.15) is 33.1 Å². The summed E-state index contributed by atoms with van der Waals surface area (Å²) < 4.78 is 6.25. The van der Waals surface area contributed by atoms with Gasteiger partial charge in [-0.15, -0.1) is 11.8 Å². The molecule has 0 heterocycles. The number of nitrogens with zero attached hydrogens (tertiary/aromatic N) is 1. The molecule has 0 spiro atoms. The Labute approximate surface area is 138 Å². The van der Waals surface area contributed by atoms with Gasteiger partial charge < -0.3 is 9.22 Å². The maximum absolute atomic E-state index is 12.6. The third-order valence-corrected chi connectivity index (χ3v) is 6.45. The Morgan fingerprint density at radius 2 is 1.86 bits per heavy atom. The van der Waals surface area contributed by atoms with E-state index in [0.29, 0.717) is 6.61 Å². The Morgan fingerprint density at radius 3 is 2.36 bits per heavy atom. The molecule has 0 saturated heterocycles. The Hall–Kier alpha value is -1.00. The number of likely N-dealkylation sites (N-methyl/N-ethyl adjacent to an activating group) is 1. The minimum Gasteiger partial charge on any atom is -0.459 e. The highest BCUT2D eigenvalue weighted by Gasteiger charge is 2.46. The van der Waals surface area contributed by atoms with E-state index in [4.69, 9.17) is 4.74 Å². The largest absolute Gasteiger partial charge is 0.459 e. The summed E-state index contributed by atoms with van der Waals surface area (Å²) in [5.74, 6) is -0.0219. The van der Waals surface area contributed by atoms with Gasteiger partial charge in [-0.1, -0.05) is 18.2 Å². The number of esters is 1. The molecule has 1 aromatic carbocycles. The minimum absolute atomic E-state index is 0.0219. The van der Waals surface area contributed by atoms with Crippen molar-refractivity contribution in [3.05, 3.63) is 30.3 Å². The average molecular weight is 322 g/mol. The fraction of sp³-hybridized carbons (Fsp3) is 0.611. The quantitative estimate of drug-likeness (QED) is 0.539. The predicted molar refractivity (Wildman–Crippen MR) is 92.0 cm³/mol. The first-order valence-electron chi connectivity index (χ1n) is 8.28. The van der Waals surface area contributed by atoms with Crippen molar-refractivity contribution in [3.63, 3.8) is 0 Å². The summed E-state index contributed by atoms with van der Waals surface area (Å²) in [6.07, 6.45) is 2.98. The molecule has 1 saturated carbocycles. The highest BCUT2D eigenvalue weighted by atomic mass is 32.2. The van der Waals surface area contributed by atoms with E-state index in [0.717, 1.165) is 48.3 Å². The van der Waals surface area contributed by atoms with Crippen LogP contribution in [-0.4, -0.2) is 48.5 Å². The molecule has 122 valence electrons. The molecule has 0 bridgehead atoms. The molecule has 0 radical (unpaired) electrons. The van der Waals surface area contributed by atoms with Crippen LogP contribution in [0.2, 0.25) is 0 Å². The second-order valence-corrected chi connectivity index (χ2v) is 7.83. The smallest absolute Gasteiger partial charge is 0.322 e. The zero-order chi connectivity index (χ0) is 16.1. The Bertz CT molecular complexity index is 481. The van der Waals surface area contributed by atoms with Gasteiger partial charge in [0.1, 0.15) is 17.9 Å². The molecule has 0 aromatic heterocycles. The third-order valence-electron chi connectivity index (χ3n) is 4.98. The fourth-order valence-electron chi connectivity index (χ4n) is 2.59. The number of benzene rings is 1. The van der Waals surface area contributed by atoms with Crippen LogP contribution in [0.5, 0.6) is 0 Å². The second kappa shape index (κ2) is 7.51. The van der Waals surface area contributed by atoms with Crippen molar-refractivity contribution in [2.75, 3.05) is 33.3 Å². The SMILES string of the molecule is CC[N+](C)(CC)CCOC(=O)C1(Sc2ccccc2)CCC1. The van der Waals surface area contributed by atoms with Crippen LogP contribution in [0.25, 0.3) is 0 Å². The Balaban J connectivity index is 1.89. The summed E-state index contributed by atoms with van der Waals surface area (Å²) in [5, 5.41) is 0. The van der Waals surface area contributed by atoms with Crippen LogP contribution in [0.15, 0.2) is 35.2 Å². The van der Waals surface area contributed by atoms with E-state index >= 15 is 0 Å². The maximum Gasteiger partial charge on any atom is 0.322 e. The first-order chi connectivity index (χ1) is 10.5. The number of carbonyl (C=O) groups is 1. The van der Waals surface area contributed by atoms with E-state index < -0.39 is 0 Å². The fourth-order valence-corrected chi connectivity index (χ4v) is 3.97. The molecule has 0 aliphatic heterocycles. The van der Waals surface area contributed by atoms with Gasteiger partial charge in [0.2, 0.25) is 0 Å². The lowest BCUT2D eigenvalue weighted by Crippen LogP contribution is -2.48. The summed E-state index contributed by atoms with van der Waals surface area (Å²) in [4.78, 5) is 13.7. The van der Waals surface area contributed by atoms with E-state index in [1.165, 1.54) is 0 Å². The molecule has 0 unspecified atom stereocenters. The van der Waals surface area contributed by atoms with Gasteiger partial charge >= 0.3 is 5.97 Å². The topological polar surface area (TPSA) is 26.3 Å². The molecule has 1 aromatic rings. The van der Waals surface area contributed by atoms with Crippen molar-refractivity contribution >= 4 is 17.7 Å². The van der Waals surface area contributed by atoms with Gasteiger partial charge in [0.05, 0.1) is 20.1 Å². The number of hydrogen-bond donors (Lipinski definition) is 0. The number of ether oxygens (including phenoxy) is 1. The number of thioether (sulfide) groups is 1. The number of carbonyl (C=O) groups excluding carboxylic acids is 1. The van der Waals surface area contributed by atoms with Gasteiger partial charge in [-0.3, -0.25) is 4.79 Å². The van der Waals surface area contributed by atoms with Gasteiger partial charge in [-0.2, -0.15) is 0 Å². The molecule has 4 heteroatoms. The Morgan fingerprint density at radius 1 is 1.23 bits per heavy atom. The molecule has 1 aliphatic rings. The summed E-state index contributed by atoms with van der Waals surface area (Å²) in [6.45, 7) is 7.92. The molecule has 1 fully saturated rings. The van der Waals surface area contributed by atoms with Crippen LogP contribution in [0, 0.1) is 0 Å². The summed E-state index contributed by atoms with van der Waals surface area (Å²) in [7, 11) is 2.21. The molecule has 1 aliphatic carbocycles. The number of hydrogen-bond acceptors (Lipinski definition) is 3. The summed E-state index contributed by atoms with van der Waals surface area (Å²) in [5.41, 5.74) is 0. The monoisotopic (exact) mass is 322 g/mol. The van der Waals surface area contributed by atoms with Crippen molar-refractivity contribution in [1.82, 2.24) is 0 Å². The zero-order valence-electron chi connectivity index (χ0n) is 14.0. The van der Waals surface area contributed by atoms with Gasteiger partial charge in [0.15, 0.2) is 0 Å². The average Bonchev–Trinajstić information content (AvgIpc) is 2.51. The number of quaternary nitrogens is 1. The van der Waals surface area contributed by atoms with Gasteiger partial charge in [-0.05, 0) is 45.2 Å². The molecule has 0 atom stereocenters. The predicted octanol–water partition coefficient (Wildman–Crippen LogP) is 3.73. The maximum atomic E-state index is 12.6. The van der Waals surface area contributed by atoms with Gasteiger partial charge in [0, 0.05) is 4.90 Å². The van der Waals surface area contributed by atoms with Crippen molar-refractivity contribution in [2.45, 2.75) is 42.8 Å². The van der Waals surface area contributed by atoms with Gasteiger partial charge in [-0.25, -0.2) is 0 Å². The van der Waals surface area contributed by atoms with E-state index in [9.17, 15) is 4.79 Å². The van der Waals surface area contributed by atoms with E-state index in [1.807, 2.05) is 18.2 Å². The van der Waals surface area contributed by atoms with Crippen LogP contribution in [0.3, 0.4) is 0 Å². The van der Waals surface area contributed by atoms with Crippen molar-refractivity contribution < 1.29 is 14.0 Å². The first kappa shape index (κ1) is 17.4. The van der Waals surface area contributed by atoms with E-state index in [2.05, 4.69) is 33.0 Å². The highest BCUT2D eigenvalue weighted by molar-refractivity contribution is 8.01. The zero-order valence-corrected chi connectivity index (χ0v) is 14.8. The van der Waals surface area contributed by atoms with Crippen LogP contribution in [-0.2, 0) is 9.53 Å². The summed E-state index contributed by atoms with van der Waals surface area (Å²) >= 11 is 1.68. The lowest BCUT2D eigenvalue weighted by atomic mass is 9.84. The Kier molecular flexibility index (Phi) is 5.93. The van der Waals surface area contributed by atoms with Crippen molar-refractivity contribution in [3.8, 4) is 0 Å². The van der Waals surface area contributed by atoms with E-state index in [1.54, 1.807) is 11.8 Å². The molecular formula is C18H28NO2S+. The minimum atomic E-state index is -0.344. The molecule has 3 nitrogen and oxygen atoms in total. The lowest BCUT2D eigenvalue weighted by molar-refractivity contribution is -0.906. The lowest BCUT2D eigenvalue weighted by Gasteiger charge is -2.39. The second-order valence-electron chi connectivity index (χ2n) is 6.37. The van der Waals surface area contributed by atoms with E-state index in [-0.39, 0.29) is 10.7 Å². The van der Waals surface area contributed by atoms with Crippen LogP contribution in [0.4, 0.5) is 0 Å². The molecule has 0 amide bonds. The molecule has 22 heavy (non-hydrogen) atoms. The van der Waals surface area contributed by atoms with Crippen LogP contribution >= 0.6 is 11.8 Å². The molecular weight excluding hydrogens is 294 g/mol. The van der Waals surface area contributed by atoms with Crippen molar-refractivity contribution in [2.24, 2.45) is 0 Å². The molecule has 2 rings (SSSR count). The van der Waals surface area contributed by atoms with Gasteiger partial charge in [0.25, 0.3) is 0 Å². The third kappa shape index (κ3) is 4.05. The normalized spacial score (nSPS) is 16.9. The summed E-state index contributed by atoms with van der Waals surface area (Å²) in [6, 6.07) is 10.2.